The Hall–Kier alpha value is -2.43. The number of benzene rings is 1. The lowest BCUT2D eigenvalue weighted by atomic mass is 10.2. The molecule has 1 aliphatic rings. The number of likely N-dealkylation sites (N-methyl/N-ethyl adjacent to an activating group) is 1. The zero-order valence-electron chi connectivity index (χ0n) is 10.2. The SMILES string of the molecule is CC(=O)NC1=NC(=O)/C(=C\c2ccccc2)N1C. The van der Waals surface area contributed by atoms with Gasteiger partial charge < -0.3 is 4.90 Å². The van der Waals surface area contributed by atoms with Crippen LogP contribution < -0.4 is 5.32 Å². The van der Waals surface area contributed by atoms with Gasteiger partial charge in [0.2, 0.25) is 11.9 Å². The fourth-order valence-corrected chi connectivity index (χ4v) is 1.62. The van der Waals surface area contributed by atoms with Gasteiger partial charge in [0.05, 0.1) is 0 Å². The summed E-state index contributed by atoms with van der Waals surface area (Å²) in [6.07, 6.45) is 1.74. The van der Waals surface area contributed by atoms with E-state index in [9.17, 15) is 9.59 Å². The molecule has 0 aliphatic carbocycles. The molecule has 0 bridgehead atoms. The fraction of sp³-hybridized carbons (Fsp3) is 0.154. The van der Waals surface area contributed by atoms with Gasteiger partial charge in [0.15, 0.2) is 0 Å². The number of carbonyl (C=O) groups is 2. The average Bonchev–Trinajstić information content (AvgIpc) is 2.58. The molecule has 1 aromatic carbocycles. The Morgan fingerprint density at radius 1 is 1.33 bits per heavy atom. The van der Waals surface area contributed by atoms with E-state index in [-0.39, 0.29) is 17.8 Å². The number of nitrogens with one attached hydrogen (secondary N) is 1. The average molecular weight is 243 g/mol. The molecule has 1 N–H and O–H groups in total. The maximum Gasteiger partial charge on any atom is 0.296 e. The van der Waals surface area contributed by atoms with E-state index >= 15 is 0 Å². The van der Waals surface area contributed by atoms with Crippen molar-refractivity contribution < 1.29 is 9.59 Å². The van der Waals surface area contributed by atoms with Gasteiger partial charge >= 0.3 is 0 Å². The first-order valence-electron chi connectivity index (χ1n) is 5.49. The highest BCUT2D eigenvalue weighted by atomic mass is 16.2. The quantitative estimate of drug-likeness (QED) is 0.748. The van der Waals surface area contributed by atoms with Crippen molar-refractivity contribution in [1.82, 2.24) is 10.2 Å². The van der Waals surface area contributed by atoms with Crippen LogP contribution in [0.5, 0.6) is 0 Å². The molecule has 1 aromatic rings. The van der Waals surface area contributed by atoms with Crippen LogP contribution in [0.2, 0.25) is 0 Å². The molecular weight excluding hydrogens is 230 g/mol. The van der Waals surface area contributed by atoms with E-state index in [1.165, 1.54) is 6.92 Å². The molecular formula is C13H13N3O2. The first-order valence-corrected chi connectivity index (χ1v) is 5.49. The molecule has 5 nitrogen and oxygen atoms in total. The van der Waals surface area contributed by atoms with Crippen LogP contribution in [0.4, 0.5) is 0 Å². The number of nitrogens with zero attached hydrogens (tertiary/aromatic N) is 2. The van der Waals surface area contributed by atoms with E-state index in [2.05, 4.69) is 10.3 Å². The van der Waals surface area contributed by atoms with E-state index in [0.717, 1.165) is 5.56 Å². The minimum absolute atomic E-state index is 0.255. The van der Waals surface area contributed by atoms with Gasteiger partial charge in [0.1, 0.15) is 5.70 Å². The summed E-state index contributed by atoms with van der Waals surface area (Å²) in [4.78, 5) is 28.1. The molecule has 0 atom stereocenters. The van der Waals surface area contributed by atoms with Gasteiger partial charge in [-0.1, -0.05) is 30.3 Å². The molecule has 2 amide bonds. The van der Waals surface area contributed by atoms with Crippen molar-refractivity contribution in [3.05, 3.63) is 41.6 Å². The summed E-state index contributed by atoms with van der Waals surface area (Å²) in [6.45, 7) is 1.37. The lowest BCUT2D eigenvalue weighted by Crippen LogP contribution is -2.37. The fourth-order valence-electron chi connectivity index (χ4n) is 1.62. The third-order valence-electron chi connectivity index (χ3n) is 2.50. The number of hydrogen-bond acceptors (Lipinski definition) is 3. The Morgan fingerprint density at radius 3 is 2.61 bits per heavy atom. The third kappa shape index (κ3) is 2.45. The van der Waals surface area contributed by atoms with Crippen LogP contribution in [0.15, 0.2) is 41.0 Å². The molecule has 0 radical (unpaired) electrons. The van der Waals surface area contributed by atoms with E-state index < -0.39 is 0 Å². The van der Waals surface area contributed by atoms with Gasteiger partial charge in [-0.05, 0) is 11.6 Å². The maximum atomic E-state index is 11.7. The van der Waals surface area contributed by atoms with Crippen molar-refractivity contribution in [2.75, 3.05) is 7.05 Å². The molecule has 0 unspecified atom stereocenters. The normalized spacial score (nSPS) is 17.0. The molecule has 0 spiro atoms. The van der Waals surface area contributed by atoms with Crippen molar-refractivity contribution in [1.29, 1.82) is 0 Å². The summed E-state index contributed by atoms with van der Waals surface area (Å²) in [5, 5.41) is 2.51. The zero-order chi connectivity index (χ0) is 13.1. The zero-order valence-corrected chi connectivity index (χ0v) is 10.2. The first kappa shape index (κ1) is 12.0. The highest BCUT2D eigenvalue weighted by molar-refractivity contribution is 6.15. The van der Waals surface area contributed by atoms with Crippen LogP contribution >= 0.6 is 0 Å². The van der Waals surface area contributed by atoms with E-state index in [4.69, 9.17) is 0 Å². The second kappa shape index (κ2) is 4.83. The van der Waals surface area contributed by atoms with Crippen LogP contribution in [0.1, 0.15) is 12.5 Å². The van der Waals surface area contributed by atoms with E-state index in [0.29, 0.717) is 5.70 Å². The van der Waals surface area contributed by atoms with Crippen LogP contribution in [-0.2, 0) is 9.59 Å². The highest BCUT2D eigenvalue weighted by Crippen LogP contribution is 2.16. The van der Waals surface area contributed by atoms with Crippen LogP contribution in [0, 0.1) is 0 Å². The first-order chi connectivity index (χ1) is 8.58. The standard InChI is InChI=1S/C13H13N3O2/c1-9(17)14-13-15-12(18)11(16(13)2)8-10-6-4-3-5-7-10/h3-8H,1-2H3,(H,14,15,17,18)/b11-8+. The number of carbonyl (C=O) groups excluding carboxylic acids is 2. The minimum atomic E-state index is -0.356. The summed E-state index contributed by atoms with van der Waals surface area (Å²) in [5.41, 5.74) is 1.34. The van der Waals surface area contributed by atoms with Crippen LogP contribution in [0.3, 0.4) is 0 Å². The van der Waals surface area contributed by atoms with Gasteiger partial charge in [-0.25, -0.2) is 0 Å². The Kier molecular flexibility index (Phi) is 3.23. The molecule has 18 heavy (non-hydrogen) atoms. The second-order valence-corrected chi connectivity index (χ2v) is 3.92. The molecule has 0 saturated carbocycles. The Balaban J connectivity index is 2.25. The largest absolute Gasteiger partial charge is 0.310 e. The summed E-state index contributed by atoms with van der Waals surface area (Å²) < 4.78 is 0. The van der Waals surface area contributed by atoms with Crippen molar-refractivity contribution in [2.45, 2.75) is 6.92 Å². The Bertz CT molecular complexity index is 547. The van der Waals surface area contributed by atoms with Crippen molar-refractivity contribution in [3.8, 4) is 0 Å². The minimum Gasteiger partial charge on any atom is -0.310 e. The topological polar surface area (TPSA) is 61.8 Å². The summed E-state index contributed by atoms with van der Waals surface area (Å²) >= 11 is 0. The molecule has 1 aliphatic heterocycles. The van der Waals surface area contributed by atoms with E-state index in [1.54, 1.807) is 18.0 Å². The van der Waals surface area contributed by atoms with Gasteiger partial charge in [-0.3, -0.25) is 14.9 Å². The Labute approximate surface area is 105 Å². The maximum absolute atomic E-state index is 11.7. The highest BCUT2D eigenvalue weighted by Gasteiger charge is 2.26. The van der Waals surface area contributed by atoms with Crippen LogP contribution in [0.25, 0.3) is 6.08 Å². The van der Waals surface area contributed by atoms with Gasteiger partial charge in [0, 0.05) is 14.0 Å². The summed E-state index contributed by atoms with van der Waals surface area (Å²) in [7, 11) is 1.69. The lowest BCUT2D eigenvalue weighted by Gasteiger charge is -2.14. The van der Waals surface area contributed by atoms with E-state index in [1.807, 2.05) is 30.3 Å². The predicted octanol–water partition coefficient (Wildman–Crippen LogP) is 0.992. The lowest BCUT2D eigenvalue weighted by molar-refractivity contribution is -0.117. The van der Waals surface area contributed by atoms with Crippen LogP contribution in [-0.4, -0.2) is 29.7 Å². The molecule has 0 fully saturated rings. The number of rotatable bonds is 1. The molecule has 2 rings (SSSR count). The predicted molar refractivity (Wildman–Crippen MR) is 68.4 cm³/mol. The number of aliphatic imine (C=N–C) groups is 1. The molecule has 1 heterocycles. The second-order valence-electron chi connectivity index (χ2n) is 3.92. The number of guanidine groups is 1. The smallest absolute Gasteiger partial charge is 0.296 e. The number of amides is 2. The van der Waals surface area contributed by atoms with Gasteiger partial charge in [-0.15, -0.1) is 0 Å². The van der Waals surface area contributed by atoms with Crippen molar-refractivity contribution >= 4 is 23.8 Å². The van der Waals surface area contributed by atoms with Gasteiger partial charge in [-0.2, -0.15) is 4.99 Å². The number of hydrogen-bond donors (Lipinski definition) is 1. The van der Waals surface area contributed by atoms with Crippen molar-refractivity contribution in [3.63, 3.8) is 0 Å². The van der Waals surface area contributed by atoms with Gasteiger partial charge in [0.25, 0.3) is 5.91 Å². The van der Waals surface area contributed by atoms with Crippen molar-refractivity contribution in [2.24, 2.45) is 4.99 Å². The molecule has 92 valence electrons. The monoisotopic (exact) mass is 243 g/mol. The summed E-state index contributed by atoms with van der Waals surface area (Å²) in [6, 6.07) is 9.47. The summed E-state index contributed by atoms with van der Waals surface area (Å²) in [5.74, 6) is -0.353. The molecule has 0 aromatic heterocycles. The Morgan fingerprint density at radius 2 is 2.00 bits per heavy atom. The molecule has 5 heteroatoms. The molecule has 0 saturated heterocycles. The third-order valence-corrected chi connectivity index (χ3v) is 2.50.